The monoisotopic (exact) mass is 329 g/mol. The molecule has 0 atom stereocenters. The van der Waals surface area contributed by atoms with E-state index in [-0.39, 0.29) is 5.78 Å². The minimum atomic E-state index is 0.204. The number of aromatic nitrogens is 1. The second-order valence-corrected chi connectivity index (χ2v) is 6.98. The van der Waals surface area contributed by atoms with Crippen molar-refractivity contribution in [3.63, 3.8) is 0 Å². The Bertz CT molecular complexity index is 735. The fourth-order valence-electron chi connectivity index (χ4n) is 2.72. The van der Waals surface area contributed by atoms with Gasteiger partial charge in [-0.15, -0.1) is 11.3 Å². The molecule has 1 aromatic carbocycles. The third-order valence-corrected chi connectivity index (χ3v) is 5.19. The lowest BCUT2D eigenvalue weighted by Gasteiger charge is -2.05. The highest BCUT2D eigenvalue weighted by molar-refractivity contribution is 7.14. The molecule has 1 fully saturated rings. The van der Waals surface area contributed by atoms with E-state index in [9.17, 15) is 4.79 Å². The van der Waals surface area contributed by atoms with Crippen LogP contribution in [0.25, 0.3) is 0 Å². The lowest BCUT2D eigenvalue weighted by Crippen LogP contribution is -2.03. The Labute approximate surface area is 139 Å². The van der Waals surface area contributed by atoms with Gasteiger partial charge in [-0.25, -0.2) is 4.98 Å². The molecule has 1 heterocycles. The molecule has 112 valence electrons. The van der Waals surface area contributed by atoms with Crippen molar-refractivity contribution >= 4 is 28.7 Å². The van der Waals surface area contributed by atoms with E-state index in [1.54, 1.807) is 6.20 Å². The highest BCUT2D eigenvalue weighted by Gasteiger charge is 2.20. The first kappa shape index (κ1) is 15.3. The van der Waals surface area contributed by atoms with Crippen LogP contribution in [0.4, 0.5) is 0 Å². The first-order valence-corrected chi connectivity index (χ1v) is 8.67. The predicted molar refractivity (Wildman–Crippen MR) is 90.5 cm³/mol. The Morgan fingerprint density at radius 2 is 2.05 bits per heavy atom. The van der Waals surface area contributed by atoms with Crippen molar-refractivity contribution in [2.24, 2.45) is 5.92 Å². The standard InChI is InChI=1S/C18H16ClNOS/c19-15-8-4-3-7-14(15)9-10-18-20-12-17(22-18)16(21)11-13-5-1-2-6-13/h3-4,7-8,12-13H,1-2,5-6,11H2. The average molecular weight is 330 g/mol. The largest absolute Gasteiger partial charge is 0.293 e. The highest BCUT2D eigenvalue weighted by atomic mass is 35.5. The van der Waals surface area contributed by atoms with Crippen LogP contribution in [0.2, 0.25) is 5.02 Å². The number of ketones is 1. The number of thiazole rings is 1. The SMILES string of the molecule is O=C(CC1CCCC1)c1cnc(C#Cc2ccccc2Cl)s1. The van der Waals surface area contributed by atoms with E-state index in [0.717, 1.165) is 10.4 Å². The maximum atomic E-state index is 12.2. The van der Waals surface area contributed by atoms with Gasteiger partial charge in [0.15, 0.2) is 10.8 Å². The van der Waals surface area contributed by atoms with E-state index < -0.39 is 0 Å². The molecule has 0 spiro atoms. The van der Waals surface area contributed by atoms with E-state index in [1.165, 1.54) is 37.0 Å². The Morgan fingerprint density at radius 1 is 1.27 bits per heavy atom. The minimum absolute atomic E-state index is 0.204. The summed E-state index contributed by atoms with van der Waals surface area (Å²) >= 11 is 7.44. The molecular weight excluding hydrogens is 314 g/mol. The Hall–Kier alpha value is -1.63. The number of halogens is 1. The summed E-state index contributed by atoms with van der Waals surface area (Å²) in [6.45, 7) is 0. The second-order valence-electron chi connectivity index (χ2n) is 5.54. The number of hydrogen-bond acceptors (Lipinski definition) is 3. The maximum absolute atomic E-state index is 12.2. The van der Waals surface area contributed by atoms with Gasteiger partial charge in [-0.3, -0.25) is 4.79 Å². The molecule has 0 saturated heterocycles. The molecule has 4 heteroatoms. The van der Waals surface area contributed by atoms with Gasteiger partial charge in [0.05, 0.1) is 16.1 Å². The number of carbonyl (C=O) groups is 1. The maximum Gasteiger partial charge on any atom is 0.174 e. The topological polar surface area (TPSA) is 30.0 Å². The number of carbonyl (C=O) groups excluding carboxylic acids is 1. The van der Waals surface area contributed by atoms with Crippen molar-refractivity contribution in [2.75, 3.05) is 0 Å². The van der Waals surface area contributed by atoms with Crippen LogP contribution in [-0.2, 0) is 0 Å². The molecule has 1 aliphatic carbocycles. The van der Waals surface area contributed by atoms with Crippen molar-refractivity contribution in [2.45, 2.75) is 32.1 Å². The zero-order valence-corrected chi connectivity index (χ0v) is 13.7. The summed E-state index contributed by atoms with van der Waals surface area (Å²) in [5.74, 6) is 6.77. The smallest absolute Gasteiger partial charge is 0.174 e. The Morgan fingerprint density at radius 3 is 2.82 bits per heavy atom. The number of hydrogen-bond donors (Lipinski definition) is 0. The van der Waals surface area contributed by atoms with Crippen molar-refractivity contribution < 1.29 is 4.79 Å². The number of nitrogens with zero attached hydrogens (tertiary/aromatic N) is 1. The van der Waals surface area contributed by atoms with Crippen molar-refractivity contribution in [1.82, 2.24) is 4.98 Å². The van der Waals surface area contributed by atoms with Crippen LogP contribution in [0.15, 0.2) is 30.5 Å². The Balaban J connectivity index is 1.69. The molecule has 2 aromatic rings. The van der Waals surface area contributed by atoms with E-state index in [4.69, 9.17) is 11.6 Å². The average Bonchev–Trinajstić information content (AvgIpc) is 3.18. The van der Waals surface area contributed by atoms with Crippen LogP contribution in [0.1, 0.15) is 52.3 Å². The third kappa shape index (κ3) is 3.76. The Kier molecular flexibility index (Phi) is 4.92. The molecule has 22 heavy (non-hydrogen) atoms. The summed E-state index contributed by atoms with van der Waals surface area (Å²) in [5.41, 5.74) is 0.776. The summed E-state index contributed by atoms with van der Waals surface area (Å²) in [5, 5.41) is 1.29. The first-order chi connectivity index (χ1) is 10.7. The van der Waals surface area contributed by atoms with Crippen molar-refractivity contribution in [3.05, 3.63) is 50.9 Å². The van der Waals surface area contributed by atoms with Gasteiger partial charge >= 0.3 is 0 Å². The minimum Gasteiger partial charge on any atom is -0.293 e. The predicted octanol–water partition coefficient (Wildman–Crippen LogP) is 4.96. The highest BCUT2D eigenvalue weighted by Crippen LogP contribution is 2.29. The molecule has 0 aliphatic heterocycles. The summed E-state index contributed by atoms with van der Waals surface area (Å²) in [4.78, 5) is 17.2. The van der Waals surface area contributed by atoms with Gasteiger partial charge in [-0.2, -0.15) is 0 Å². The number of benzene rings is 1. The van der Waals surface area contributed by atoms with Crippen LogP contribution in [-0.4, -0.2) is 10.8 Å². The molecule has 0 N–H and O–H groups in total. The fourth-order valence-corrected chi connectivity index (χ4v) is 3.62. The van der Waals surface area contributed by atoms with Crippen LogP contribution in [0.5, 0.6) is 0 Å². The third-order valence-electron chi connectivity index (χ3n) is 3.91. The number of Topliss-reactive ketones (excluding diaryl/α,β-unsaturated/α-hetero) is 1. The van der Waals surface area contributed by atoms with Gasteiger partial charge in [-0.05, 0) is 24.0 Å². The molecule has 1 saturated carbocycles. The van der Waals surface area contributed by atoms with E-state index >= 15 is 0 Å². The summed E-state index contributed by atoms with van der Waals surface area (Å²) in [6.07, 6.45) is 7.19. The zero-order chi connectivity index (χ0) is 15.4. The zero-order valence-electron chi connectivity index (χ0n) is 12.1. The van der Waals surface area contributed by atoms with Gasteiger partial charge in [0.1, 0.15) is 0 Å². The fraction of sp³-hybridized carbons (Fsp3) is 0.333. The van der Waals surface area contributed by atoms with Gasteiger partial charge in [-0.1, -0.05) is 55.3 Å². The molecular formula is C18H16ClNOS. The summed E-state index contributed by atoms with van der Waals surface area (Å²) in [7, 11) is 0. The second kappa shape index (κ2) is 7.09. The van der Waals surface area contributed by atoms with Crippen LogP contribution < -0.4 is 0 Å². The lowest BCUT2D eigenvalue weighted by atomic mass is 10.0. The van der Waals surface area contributed by atoms with Crippen LogP contribution in [0.3, 0.4) is 0 Å². The molecule has 0 bridgehead atoms. The molecule has 0 amide bonds. The van der Waals surface area contributed by atoms with Gasteiger partial charge in [0.25, 0.3) is 0 Å². The summed E-state index contributed by atoms with van der Waals surface area (Å²) < 4.78 is 0. The lowest BCUT2D eigenvalue weighted by molar-refractivity contribution is 0.0966. The molecule has 3 rings (SSSR count). The molecule has 2 nitrogen and oxygen atoms in total. The van der Waals surface area contributed by atoms with Gasteiger partial charge in [0.2, 0.25) is 0 Å². The van der Waals surface area contributed by atoms with Crippen LogP contribution in [0, 0.1) is 17.8 Å². The first-order valence-electron chi connectivity index (χ1n) is 7.48. The molecule has 0 unspecified atom stereocenters. The molecule has 1 aromatic heterocycles. The quantitative estimate of drug-likeness (QED) is 0.588. The number of rotatable bonds is 3. The van der Waals surface area contributed by atoms with Crippen LogP contribution >= 0.6 is 22.9 Å². The van der Waals surface area contributed by atoms with E-state index in [2.05, 4.69) is 16.8 Å². The molecule has 1 aliphatic rings. The van der Waals surface area contributed by atoms with Gasteiger partial charge in [0, 0.05) is 12.0 Å². The normalized spacial score (nSPS) is 14.6. The van der Waals surface area contributed by atoms with E-state index in [1.807, 2.05) is 24.3 Å². The summed E-state index contributed by atoms with van der Waals surface area (Å²) in [6, 6.07) is 7.45. The van der Waals surface area contributed by atoms with E-state index in [0.29, 0.717) is 22.4 Å². The van der Waals surface area contributed by atoms with Gasteiger partial charge < -0.3 is 0 Å². The van der Waals surface area contributed by atoms with Crippen molar-refractivity contribution in [1.29, 1.82) is 0 Å². The van der Waals surface area contributed by atoms with Crippen molar-refractivity contribution in [3.8, 4) is 11.8 Å². The molecule has 0 radical (unpaired) electrons.